The van der Waals surface area contributed by atoms with Crippen molar-refractivity contribution in [3.8, 4) is 0 Å². The monoisotopic (exact) mass is 401 g/mol. The van der Waals surface area contributed by atoms with Gasteiger partial charge in [0.2, 0.25) is 5.91 Å². The van der Waals surface area contributed by atoms with Gasteiger partial charge < -0.3 is 10.1 Å². The van der Waals surface area contributed by atoms with Gasteiger partial charge in [-0.2, -0.15) is 0 Å². The first-order valence-corrected chi connectivity index (χ1v) is 9.66. The second-order valence-electron chi connectivity index (χ2n) is 6.90. The molecule has 1 atom stereocenters. The molecule has 0 unspecified atom stereocenters. The number of hydrogen-bond donors (Lipinski definition) is 1. The van der Waals surface area contributed by atoms with Crippen molar-refractivity contribution in [2.45, 2.75) is 18.9 Å². The molecular formula is C25H23NO4. The SMILES string of the molecule is COC(=O)[C@@H](Cc1ccc(C(=O)c2ccccc2)cc1)NC(=O)Cc1ccccc1. The van der Waals surface area contributed by atoms with Gasteiger partial charge in [0.05, 0.1) is 13.5 Å². The van der Waals surface area contributed by atoms with Crippen LogP contribution in [0, 0.1) is 0 Å². The lowest BCUT2D eigenvalue weighted by Gasteiger charge is -2.17. The molecule has 0 aliphatic carbocycles. The highest BCUT2D eigenvalue weighted by Gasteiger charge is 2.22. The Balaban J connectivity index is 1.66. The van der Waals surface area contributed by atoms with E-state index in [0.717, 1.165) is 11.1 Å². The maximum atomic E-state index is 12.5. The lowest BCUT2D eigenvalue weighted by Crippen LogP contribution is -2.43. The molecule has 0 bridgehead atoms. The molecule has 30 heavy (non-hydrogen) atoms. The molecule has 0 spiro atoms. The van der Waals surface area contributed by atoms with E-state index in [-0.39, 0.29) is 24.5 Å². The number of amides is 1. The number of carbonyl (C=O) groups is 3. The van der Waals surface area contributed by atoms with Crippen LogP contribution in [0.4, 0.5) is 0 Å². The predicted molar refractivity (Wildman–Crippen MR) is 114 cm³/mol. The lowest BCUT2D eigenvalue weighted by atomic mass is 9.99. The molecule has 0 aromatic heterocycles. The number of esters is 1. The second-order valence-corrected chi connectivity index (χ2v) is 6.90. The fourth-order valence-corrected chi connectivity index (χ4v) is 3.15. The van der Waals surface area contributed by atoms with Crippen LogP contribution in [-0.4, -0.2) is 30.8 Å². The Morgan fingerprint density at radius 1 is 0.767 bits per heavy atom. The number of carbonyl (C=O) groups excluding carboxylic acids is 3. The molecule has 152 valence electrons. The van der Waals surface area contributed by atoms with E-state index in [0.29, 0.717) is 11.1 Å². The standard InChI is InChI=1S/C25H23NO4/c1-30-25(29)22(26-23(27)17-18-8-4-2-5-9-18)16-19-12-14-21(15-13-19)24(28)20-10-6-3-7-11-20/h2-15,22H,16-17H2,1H3,(H,26,27)/t22-/m1/s1. The minimum Gasteiger partial charge on any atom is -0.467 e. The van der Waals surface area contributed by atoms with Gasteiger partial charge in [-0.15, -0.1) is 0 Å². The fraction of sp³-hybridized carbons (Fsp3) is 0.160. The normalized spacial score (nSPS) is 11.4. The maximum Gasteiger partial charge on any atom is 0.328 e. The summed E-state index contributed by atoms with van der Waals surface area (Å²) >= 11 is 0. The highest BCUT2D eigenvalue weighted by Crippen LogP contribution is 2.13. The van der Waals surface area contributed by atoms with Crippen molar-refractivity contribution in [1.82, 2.24) is 5.32 Å². The summed E-state index contributed by atoms with van der Waals surface area (Å²) in [7, 11) is 1.29. The summed E-state index contributed by atoms with van der Waals surface area (Å²) in [5.41, 5.74) is 2.86. The average Bonchev–Trinajstić information content (AvgIpc) is 2.79. The minimum absolute atomic E-state index is 0.0668. The van der Waals surface area contributed by atoms with Gasteiger partial charge in [-0.05, 0) is 11.1 Å². The Hall–Kier alpha value is -3.73. The summed E-state index contributed by atoms with van der Waals surface area (Å²) < 4.78 is 4.85. The second kappa shape index (κ2) is 10.2. The van der Waals surface area contributed by atoms with E-state index in [2.05, 4.69) is 5.32 Å². The summed E-state index contributed by atoms with van der Waals surface area (Å²) in [4.78, 5) is 37.1. The van der Waals surface area contributed by atoms with E-state index in [1.807, 2.05) is 48.5 Å². The quantitative estimate of drug-likeness (QED) is 0.464. The third-order valence-electron chi connectivity index (χ3n) is 4.72. The number of ether oxygens (including phenoxy) is 1. The summed E-state index contributed by atoms with van der Waals surface area (Å²) in [5, 5.41) is 2.75. The molecule has 0 aliphatic heterocycles. The van der Waals surface area contributed by atoms with E-state index >= 15 is 0 Å². The summed E-state index contributed by atoms with van der Waals surface area (Å²) in [5.74, 6) is -0.837. The molecule has 1 amide bonds. The molecule has 3 aromatic carbocycles. The van der Waals surface area contributed by atoms with E-state index in [4.69, 9.17) is 4.74 Å². The zero-order chi connectivity index (χ0) is 21.3. The van der Waals surface area contributed by atoms with E-state index in [1.54, 1.807) is 36.4 Å². The van der Waals surface area contributed by atoms with Crippen molar-refractivity contribution in [2.24, 2.45) is 0 Å². The van der Waals surface area contributed by atoms with Crippen molar-refractivity contribution in [3.05, 3.63) is 107 Å². The maximum absolute atomic E-state index is 12.5. The van der Waals surface area contributed by atoms with Crippen molar-refractivity contribution in [2.75, 3.05) is 7.11 Å². The first-order valence-electron chi connectivity index (χ1n) is 9.66. The van der Waals surface area contributed by atoms with Gasteiger partial charge in [0, 0.05) is 17.5 Å². The van der Waals surface area contributed by atoms with Crippen molar-refractivity contribution in [1.29, 1.82) is 0 Å². The van der Waals surface area contributed by atoms with Crippen LogP contribution in [0.25, 0.3) is 0 Å². The largest absolute Gasteiger partial charge is 0.467 e. The molecule has 0 saturated heterocycles. The third-order valence-corrected chi connectivity index (χ3v) is 4.72. The van der Waals surface area contributed by atoms with E-state index in [1.165, 1.54) is 7.11 Å². The van der Waals surface area contributed by atoms with Crippen molar-refractivity contribution in [3.63, 3.8) is 0 Å². The van der Waals surface area contributed by atoms with E-state index < -0.39 is 12.0 Å². The number of hydrogen-bond acceptors (Lipinski definition) is 4. The van der Waals surface area contributed by atoms with Gasteiger partial charge in [-0.1, -0.05) is 84.9 Å². The van der Waals surface area contributed by atoms with Gasteiger partial charge >= 0.3 is 5.97 Å². The first-order chi connectivity index (χ1) is 14.6. The van der Waals surface area contributed by atoms with Crippen LogP contribution in [0.15, 0.2) is 84.9 Å². The minimum atomic E-state index is -0.804. The van der Waals surface area contributed by atoms with Crippen molar-refractivity contribution < 1.29 is 19.1 Å². The van der Waals surface area contributed by atoms with Gasteiger partial charge in [0.25, 0.3) is 0 Å². The zero-order valence-electron chi connectivity index (χ0n) is 16.7. The lowest BCUT2D eigenvalue weighted by molar-refractivity contribution is -0.145. The molecule has 0 radical (unpaired) electrons. The summed E-state index contributed by atoms with van der Waals surface area (Å²) in [6.07, 6.45) is 0.450. The molecule has 0 aliphatic rings. The topological polar surface area (TPSA) is 72.5 Å². The average molecular weight is 401 g/mol. The molecule has 3 aromatic rings. The van der Waals surface area contributed by atoms with Crippen LogP contribution < -0.4 is 5.32 Å². The van der Waals surface area contributed by atoms with Crippen LogP contribution in [-0.2, 0) is 27.2 Å². The molecular weight excluding hydrogens is 378 g/mol. The number of benzene rings is 3. The molecule has 0 fully saturated rings. The molecule has 0 heterocycles. The van der Waals surface area contributed by atoms with Crippen LogP contribution in [0.3, 0.4) is 0 Å². The highest BCUT2D eigenvalue weighted by atomic mass is 16.5. The number of nitrogens with one attached hydrogen (secondary N) is 1. The Labute approximate surface area is 175 Å². The van der Waals surface area contributed by atoms with Gasteiger partial charge in [-0.25, -0.2) is 4.79 Å². The summed E-state index contributed by atoms with van der Waals surface area (Å²) in [6.45, 7) is 0. The number of ketones is 1. The Morgan fingerprint density at radius 2 is 1.33 bits per heavy atom. The molecule has 5 heteroatoms. The summed E-state index contributed by atoms with van der Waals surface area (Å²) in [6, 6.07) is 24.6. The van der Waals surface area contributed by atoms with Crippen LogP contribution in [0.5, 0.6) is 0 Å². The fourth-order valence-electron chi connectivity index (χ4n) is 3.15. The first kappa shape index (κ1) is 21.0. The zero-order valence-corrected chi connectivity index (χ0v) is 16.7. The molecule has 1 N–H and O–H groups in total. The van der Waals surface area contributed by atoms with Crippen molar-refractivity contribution >= 4 is 17.7 Å². The van der Waals surface area contributed by atoms with Gasteiger partial charge in [0.1, 0.15) is 6.04 Å². The Bertz CT molecular complexity index is 998. The third kappa shape index (κ3) is 5.64. The molecule has 5 nitrogen and oxygen atoms in total. The molecule has 0 saturated carbocycles. The smallest absolute Gasteiger partial charge is 0.328 e. The van der Waals surface area contributed by atoms with Crippen LogP contribution in [0.1, 0.15) is 27.0 Å². The van der Waals surface area contributed by atoms with Crippen LogP contribution >= 0.6 is 0 Å². The van der Waals surface area contributed by atoms with E-state index in [9.17, 15) is 14.4 Å². The Kier molecular flexibility index (Phi) is 7.11. The number of methoxy groups -OCH3 is 1. The predicted octanol–water partition coefficient (Wildman–Crippen LogP) is 3.36. The number of rotatable bonds is 8. The molecule has 3 rings (SSSR count). The van der Waals surface area contributed by atoms with Gasteiger partial charge in [-0.3, -0.25) is 9.59 Å². The van der Waals surface area contributed by atoms with Gasteiger partial charge in [0.15, 0.2) is 5.78 Å². The van der Waals surface area contributed by atoms with Crippen LogP contribution in [0.2, 0.25) is 0 Å². The Morgan fingerprint density at radius 3 is 1.93 bits per heavy atom. The highest BCUT2D eigenvalue weighted by molar-refractivity contribution is 6.08.